The van der Waals surface area contributed by atoms with Crippen LogP contribution in [0.2, 0.25) is 0 Å². The van der Waals surface area contributed by atoms with Crippen molar-refractivity contribution in [1.82, 2.24) is 10.6 Å². The quantitative estimate of drug-likeness (QED) is 0.330. The Balaban J connectivity index is 2.98. The first kappa shape index (κ1) is 14.8. The van der Waals surface area contributed by atoms with E-state index in [2.05, 4.69) is 10.6 Å². The van der Waals surface area contributed by atoms with E-state index in [1.54, 1.807) is 0 Å². The van der Waals surface area contributed by atoms with Crippen LogP contribution in [0.15, 0.2) is 0 Å². The van der Waals surface area contributed by atoms with E-state index in [0.29, 0.717) is 26.3 Å². The normalized spacial score (nSPS) is 10.2. The summed E-state index contributed by atoms with van der Waals surface area (Å²) in [4.78, 5) is 20.2. The molecule has 0 heterocycles. The molecule has 0 aromatic heterocycles. The van der Waals surface area contributed by atoms with E-state index < -0.39 is 11.9 Å². The van der Waals surface area contributed by atoms with E-state index >= 15 is 0 Å². The monoisotopic (exact) mass is 234 g/mol. The molecule has 94 valence electrons. The van der Waals surface area contributed by atoms with Gasteiger partial charge in [0.15, 0.2) is 0 Å². The lowest BCUT2D eigenvalue weighted by Gasteiger charge is -2.04. The van der Waals surface area contributed by atoms with Gasteiger partial charge < -0.3 is 25.6 Å². The number of hydrogen-bond acceptors (Lipinski definition) is 5. The zero-order chi connectivity index (χ0) is 12.2. The van der Waals surface area contributed by atoms with Gasteiger partial charge in [0.1, 0.15) is 0 Å². The molecule has 0 aliphatic heterocycles. The summed E-state index contributed by atoms with van der Waals surface area (Å²) in [6.45, 7) is 1.96. The SMILES string of the molecule is O=C(O)CNCCCOCCNCC(=O)O. The fourth-order valence-corrected chi connectivity index (χ4v) is 0.936. The van der Waals surface area contributed by atoms with Gasteiger partial charge in [0.25, 0.3) is 0 Å². The Morgan fingerprint density at radius 3 is 2.06 bits per heavy atom. The molecule has 7 nitrogen and oxygen atoms in total. The molecule has 0 atom stereocenters. The highest BCUT2D eigenvalue weighted by Gasteiger charge is 1.96. The Morgan fingerprint density at radius 2 is 1.50 bits per heavy atom. The lowest BCUT2D eigenvalue weighted by molar-refractivity contribution is -0.137. The van der Waals surface area contributed by atoms with Gasteiger partial charge >= 0.3 is 11.9 Å². The van der Waals surface area contributed by atoms with Gasteiger partial charge in [0.2, 0.25) is 0 Å². The predicted octanol–water partition coefficient (Wildman–Crippen LogP) is -1.26. The van der Waals surface area contributed by atoms with Crippen molar-refractivity contribution in [3.05, 3.63) is 0 Å². The summed E-state index contributed by atoms with van der Waals surface area (Å²) in [5, 5.41) is 22.0. The van der Waals surface area contributed by atoms with Crippen LogP contribution in [-0.4, -0.2) is 61.5 Å². The zero-order valence-electron chi connectivity index (χ0n) is 9.07. The third-order valence-corrected chi connectivity index (χ3v) is 1.62. The van der Waals surface area contributed by atoms with Crippen molar-refractivity contribution in [2.45, 2.75) is 6.42 Å². The number of nitrogens with one attached hydrogen (secondary N) is 2. The Morgan fingerprint density at radius 1 is 0.938 bits per heavy atom. The second kappa shape index (κ2) is 10.3. The number of hydrogen-bond donors (Lipinski definition) is 4. The second-order valence-electron chi connectivity index (χ2n) is 3.11. The molecule has 7 heteroatoms. The molecule has 0 radical (unpaired) electrons. The van der Waals surface area contributed by atoms with Crippen molar-refractivity contribution in [2.24, 2.45) is 0 Å². The van der Waals surface area contributed by atoms with Crippen LogP contribution < -0.4 is 10.6 Å². The van der Waals surface area contributed by atoms with E-state index in [-0.39, 0.29) is 13.1 Å². The molecule has 0 saturated carbocycles. The average molecular weight is 234 g/mol. The molecule has 0 bridgehead atoms. The van der Waals surface area contributed by atoms with Crippen molar-refractivity contribution in [3.8, 4) is 0 Å². The Kier molecular flexibility index (Phi) is 9.58. The number of aliphatic carboxylic acids is 2. The van der Waals surface area contributed by atoms with Crippen molar-refractivity contribution >= 4 is 11.9 Å². The topological polar surface area (TPSA) is 108 Å². The van der Waals surface area contributed by atoms with E-state index in [0.717, 1.165) is 6.42 Å². The summed E-state index contributed by atoms with van der Waals surface area (Å²) < 4.78 is 5.18. The molecule has 0 amide bonds. The van der Waals surface area contributed by atoms with Crippen LogP contribution in [-0.2, 0) is 14.3 Å². The van der Waals surface area contributed by atoms with Gasteiger partial charge in [-0.2, -0.15) is 0 Å². The molecule has 0 aliphatic carbocycles. The van der Waals surface area contributed by atoms with Gasteiger partial charge in [0, 0.05) is 13.2 Å². The fourth-order valence-electron chi connectivity index (χ4n) is 0.936. The standard InChI is InChI=1S/C9H18N2O5/c12-8(13)6-10-2-1-4-16-5-3-11-7-9(14)15/h10-11H,1-7H2,(H,12,13)(H,14,15). The smallest absolute Gasteiger partial charge is 0.317 e. The molecular formula is C9H18N2O5. The number of carboxylic acid groups (broad SMARTS) is 2. The van der Waals surface area contributed by atoms with E-state index in [1.807, 2.05) is 0 Å². The summed E-state index contributed by atoms with van der Waals surface area (Å²) in [6, 6.07) is 0. The number of rotatable bonds is 11. The maximum atomic E-state index is 10.1. The van der Waals surface area contributed by atoms with E-state index in [9.17, 15) is 9.59 Å². The highest BCUT2D eigenvalue weighted by Crippen LogP contribution is 1.80. The largest absolute Gasteiger partial charge is 0.480 e. The minimum atomic E-state index is -0.891. The zero-order valence-corrected chi connectivity index (χ0v) is 9.07. The third kappa shape index (κ3) is 12.8. The predicted molar refractivity (Wildman–Crippen MR) is 56.4 cm³/mol. The average Bonchev–Trinajstić information content (AvgIpc) is 2.20. The summed E-state index contributed by atoms with van der Waals surface area (Å²) >= 11 is 0. The molecular weight excluding hydrogens is 216 g/mol. The molecule has 0 spiro atoms. The van der Waals surface area contributed by atoms with Gasteiger partial charge in [-0.25, -0.2) is 0 Å². The van der Waals surface area contributed by atoms with Crippen LogP contribution in [0.25, 0.3) is 0 Å². The van der Waals surface area contributed by atoms with Gasteiger partial charge in [-0.3, -0.25) is 9.59 Å². The van der Waals surface area contributed by atoms with E-state index in [1.165, 1.54) is 0 Å². The summed E-state index contributed by atoms with van der Waals surface area (Å²) in [6.07, 6.45) is 0.728. The first-order chi connectivity index (χ1) is 7.63. The molecule has 0 unspecified atom stereocenters. The fraction of sp³-hybridized carbons (Fsp3) is 0.778. The second-order valence-corrected chi connectivity index (χ2v) is 3.11. The van der Waals surface area contributed by atoms with Crippen LogP contribution in [0.1, 0.15) is 6.42 Å². The first-order valence-electron chi connectivity index (χ1n) is 5.05. The molecule has 0 aromatic rings. The number of carbonyl (C=O) groups is 2. The molecule has 0 saturated heterocycles. The lowest BCUT2D eigenvalue weighted by atomic mass is 10.4. The van der Waals surface area contributed by atoms with Gasteiger partial charge in [-0.05, 0) is 13.0 Å². The van der Waals surface area contributed by atoms with Crippen LogP contribution >= 0.6 is 0 Å². The molecule has 16 heavy (non-hydrogen) atoms. The van der Waals surface area contributed by atoms with Crippen molar-refractivity contribution in [1.29, 1.82) is 0 Å². The number of carboxylic acids is 2. The Bertz CT molecular complexity index is 188. The Labute approximate surface area is 93.8 Å². The molecule has 0 fully saturated rings. The molecule has 0 rings (SSSR count). The maximum Gasteiger partial charge on any atom is 0.317 e. The van der Waals surface area contributed by atoms with Gasteiger partial charge in [-0.1, -0.05) is 0 Å². The van der Waals surface area contributed by atoms with Crippen LogP contribution in [0.3, 0.4) is 0 Å². The van der Waals surface area contributed by atoms with E-state index in [4.69, 9.17) is 14.9 Å². The minimum absolute atomic E-state index is 0.0415. The molecule has 0 aliphatic rings. The van der Waals surface area contributed by atoms with Gasteiger partial charge in [0.05, 0.1) is 19.7 Å². The highest BCUT2D eigenvalue weighted by molar-refractivity contribution is 5.69. The van der Waals surface area contributed by atoms with Gasteiger partial charge in [-0.15, -0.1) is 0 Å². The Hall–Kier alpha value is -1.18. The van der Waals surface area contributed by atoms with Crippen LogP contribution in [0.4, 0.5) is 0 Å². The summed E-state index contributed by atoms with van der Waals surface area (Å²) in [7, 11) is 0. The summed E-state index contributed by atoms with van der Waals surface area (Å²) in [5.41, 5.74) is 0. The molecule has 4 N–H and O–H groups in total. The highest BCUT2D eigenvalue weighted by atomic mass is 16.5. The van der Waals surface area contributed by atoms with Crippen molar-refractivity contribution in [3.63, 3.8) is 0 Å². The minimum Gasteiger partial charge on any atom is -0.480 e. The first-order valence-corrected chi connectivity index (χ1v) is 5.05. The summed E-state index contributed by atoms with van der Waals surface area (Å²) in [5.74, 6) is -1.77. The number of ether oxygens (including phenoxy) is 1. The van der Waals surface area contributed by atoms with Crippen molar-refractivity contribution in [2.75, 3.05) is 39.4 Å². The lowest BCUT2D eigenvalue weighted by Crippen LogP contribution is -2.27. The molecule has 0 aromatic carbocycles. The third-order valence-electron chi connectivity index (χ3n) is 1.62. The maximum absolute atomic E-state index is 10.1. The van der Waals surface area contributed by atoms with Crippen LogP contribution in [0.5, 0.6) is 0 Å². The van der Waals surface area contributed by atoms with Crippen molar-refractivity contribution < 1.29 is 24.5 Å². The van der Waals surface area contributed by atoms with Crippen LogP contribution in [0, 0.1) is 0 Å².